The number of rotatable bonds is 8. The lowest BCUT2D eigenvalue weighted by Crippen LogP contribution is -2.32. The van der Waals surface area contributed by atoms with Crippen molar-refractivity contribution in [3.8, 4) is 17.0 Å². The molecule has 0 saturated heterocycles. The lowest BCUT2D eigenvalue weighted by Gasteiger charge is -2.18. The van der Waals surface area contributed by atoms with Gasteiger partial charge in [-0.1, -0.05) is 54.1 Å². The van der Waals surface area contributed by atoms with E-state index < -0.39 is 11.8 Å². The molecule has 10 heteroatoms. The Morgan fingerprint density at radius 2 is 1.68 bits per heavy atom. The third kappa shape index (κ3) is 5.02. The third-order valence-corrected chi connectivity index (χ3v) is 6.75. The van der Waals surface area contributed by atoms with Crippen LogP contribution in [0.1, 0.15) is 17.3 Å². The first-order chi connectivity index (χ1) is 18.5. The zero-order valence-electron chi connectivity index (χ0n) is 20.1. The molecular weight excluding hydrogens is 524 g/mol. The van der Waals surface area contributed by atoms with Gasteiger partial charge in [0.1, 0.15) is 16.5 Å². The van der Waals surface area contributed by atoms with Crippen molar-refractivity contribution < 1.29 is 19.1 Å². The van der Waals surface area contributed by atoms with E-state index in [1.165, 1.54) is 11.3 Å². The van der Waals surface area contributed by atoms with Crippen LogP contribution < -0.4 is 20.3 Å². The Bertz CT molecular complexity index is 1550. The Morgan fingerprint density at radius 1 is 0.974 bits per heavy atom. The van der Waals surface area contributed by atoms with E-state index in [9.17, 15) is 14.4 Å². The molecule has 0 atom stereocenters. The minimum absolute atomic E-state index is 0.0589. The average Bonchev–Trinajstić information content (AvgIpc) is 3.49. The van der Waals surface area contributed by atoms with Crippen molar-refractivity contribution in [2.45, 2.75) is 6.92 Å². The molecule has 0 saturated carbocycles. The molecule has 3 aromatic carbocycles. The summed E-state index contributed by atoms with van der Waals surface area (Å²) in [4.78, 5) is 44.2. The van der Waals surface area contributed by atoms with Gasteiger partial charge >= 0.3 is 0 Å². The van der Waals surface area contributed by atoms with Crippen molar-refractivity contribution in [2.75, 3.05) is 22.1 Å². The number of thiazole rings is 1. The van der Waals surface area contributed by atoms with E-state index in [4.69, 9.17) is 16.3 Å². The number of hydrogen-bond acceptors (Lipinski definition) is 7. The number of imide groups is 1. The normalized spacial score (nSPS) is 13.2. The van der Waals surface area contributed by atoms with Crippen LogP contribution in [0.15, 0.2) is 95.0 Å². The number of hydrogen-bond donors (Lipinski definition) is 2. The Balaban J connectivity index is 1.27. The number of benzene rings is 3. The lowest BCUT2D eigenvalue weighted by molar-refractivity contribution is -0.120. The zero-order chi connectivity index (χ0) is 26.6. The van der Waals surface area contributed by atoms with Crippen molar-refractivity contribution in [1.29, 1.82) is 0 Å². The summed E-state index contributed by atoms with van der Waals surface area (Å²) in [5.74, 6) is -1.19. The molecule has 0 unspecified atom stereocenters. The highest BCUT2D eigenvalue weighted by molar-refractivity contribution is 7.14. The smallest absolute Gasteiger partial charge is 0.283 e. The molecule has 2 heterocycles. The molecule has 0 bridgehead atoms. The fraction of sp³-hybridized carbons (Fsp3) is 0.0714. The molecule has 4 aromatic rings. The van der Waals surface area contributed by atoms with Crippen LogP contribution >= 0.6 is 22.9 Å². The van der Waals surface area contributed by atoms with Crippen molar-refractivity contribution >= 4 is 57.2 Å². The minimum Gasteiger partial charge on any atom is -0.492 e. The number of amides is 3. The second kappa shape index (κ2) is 10.9. The van der Waals surface area contributed by atoms with Crippen LogP contribution in [0.3, 0.4) is 0 Å². The number of anilines is 3. The fourth-order valence-electron chi connectivity index (χ4n) is 3.84. The highest BCUT2D eigenvalue weighted by Crippen LogP contribution is 2.35. The van der Waals surface area contributed by atoms with Gasteiger partial charge in [0.15, 0.2) is 5.13 Å². The number of halogens is 1. The summed E-state index contributed by atoms with van der Waals surface area (Å²) in [6, 6.07) is 22.9. The zero-order valence-corrected chi connectivity index (χ0v) is 21.7. The third-order valence-electron chi connectivity index (χ3n) is 5.64. The molecule has 0 fully saturated rings. The van der Waals surface area contributed by atoms with Crippen molar-refractivity contribution in [3.63, 3.8) is 0 Å². The SMILES string of the molecule is CCOc1ccccc1N1C(=O)C(Cl)=C(Nc2ccc(C(=O)Nc3nc(-c4ccccc4)cs3)cc2)C1=O. The van der Waals surface area contributed by atoms with Gasteiger partial charge in [-0.25, -0.2) is 9.88 Å². The molecule has 38 heavy (non-hydrogen) atoms. The first-order valence-electron chi connectivity index (χ1n) is 11.7. The Labute approximate surface area is 227 Å². The van der Waals surface area contributed by atoms with Gasteiger partial charge in [0.25, 0.3) is 17.7 Å². The molecule has 1 aliphatic heterocycles. The molecule has 3 amide bonds. The largest absolute Gasteiger partial charge is 0.492 e. The number of ether oxygens (including phenoxy) is 1. The van der Waals surface area contributed by atoms with Crippen LogP contribution in [0.25, 0.3) is 11.3 Å². The Morgan fingerprint density at radius 3 is 2.42 bits per heavy atom. The molecular formula is C28H21ClN4O4S. The minimum atomic E-state index is -0.652. The summed E-state index contributed by atoms with van der Waals surface area (Å²) in [6.07, 6.45) is 0. The number of aromatic nitrogens is 1. The maximum Gasteiger partial charge on any atom is 0.283 e. The molecule has 2 N–H and O–H groups in total. The highest BCUT2D eigenvalue weighted by Gasteiger charge is 2.40. The number of para-hydroxylation sites is 2. The number of carbonyl (C=O) groups excluding carboxylic acids is 3. The van der Waals surface area contributed by atoms with Gasteiger partial charge in [-0.05, 0) is 43.3 Å². The van der Waals surface area contributed by atoms with E-state index in [1.807, 2.05) is 42.6 Å². The summed E-state index contributed by atoms with van der Waals surface area (Å²) in [5.41, 5.74) is 2.88. The van der Waals surface area contributed by atoms with Gasteiger partial charge in [0, 0.05) is 22.2 Å². The first kappa shape index (κ1) is 25.2. The van der Waals surface area contributed by atoms with Gasteiger partial charge in [0.2, 0.25) is 0 Å². The molecule has 1 aromatic heterocycles. The standard InChI is InChI=1S/C28H21ClN4O4S/c1-2-37-22-11-7-6-10-21(22)33-26(35)23(29)24(27(33)36)30-19-14-12-18(13-15-19)25(34)32-28-31-20(16-38-28)17-8-4-3-5-9-17/h3-16,30H,2H2,1H3,(H,31,32,34). The monoisotopic (exact) mass is 544 g/mol. The lowest BCUT2D eigenvalue weighted by atomic mass is 10.2. The van der Waals surface area contributed by atoms with E-state index in [0.717, 1.165) is 16.2 Å². The summed E-state index contributed by atoms with van der Waals surface area (Å²) in [6.45, 7) is 2.18. The highest BCUT2D eigenvalue weighted by atomic mass is 35.5. The molecule has 0 spiro atoms. The maximum atomic E-state index is 13.1. The fourth-order valence-corrected chi connectivity index (χ4v) is 4.77. The van der Waals surface area contributed by atoms with Gasteiger partial charge in [0.05, 0.1) is 18.0 Å². The molecule has 5 rings (SSSR count). The van der Waals surface area contributed by atoms with Crippen LogP contribution in [0.4, 0.5) is 16.5 Å². The maximum absolute atomic E-state index is 13.1. The van der Waals surface area contributed by atoms with Gasteiger partial charge in [-0.2, -0.15) is 0 Å². The predicted octanol–water partition coefficient (Wildman–Crippen LogP) is 5.90. The van der Waals surface area contributed by atoms with E-state index in [0.29, 0.717) is 34.4 Å². The molecule has 0 radical (unpaired) electrons. The predicted molar refractivity (Wildman–Crippen MR) is 149 cm³/mol. The Kier molecular flexibility index (Phi) is 7.21. The van der Waals surface area contributed by atoms with Crippen LogP contribution in [0, 0.1) is 0 Å². The van der Waals surface area contributed by atoms with Crippen LogP contribution in [0.5, 0.6) is 5.75 Å². The van der Waals surface area contributed by atoms with Crippen molar-refractivity contribution in [3.05, 3.63) is 101 Å². The van der Waals surface area contributed by atoms with Crippen molar-refractivity contribution in [2.24, 2.45) is 0 Å². The topological polar surface area (TPSA) is 101 Å². The number of nitrogens with one attached hydrogen (secondary N) is 2. The summed E-state index contributed by atoms with van der Waals surface area (Å²) in [7, 11) is 0. The summed E-state index contributed by atoms with van der Waals surface area (Å²) in [5, 5.41) is 7.84. The quantitative estimate of drug-likeness (QED) is 0.268. The molecule has 0 aliphatic carbocycles. The van der Waals surface area contributed by atoms with Crippen molar-refractivity contribution in [1.82, 2.24) is 4.98 Å². The van der Waals surface area contributed by atoms with E-state index >= 15 is 0 Å². The van der Waals surface area contributed by atoms with E-state index in [1.54, 1.807) is 48.5 Å². The summed E-state index contributed by atoms with van der Waals surface area (Å²) < 4.78 is 5.57. The molecule has 190 valence electrons. The number of nitrogens with zero attached hydrogens (tertiary/aromatic N) is 2. The second-order valence-electron chi connectivity index (χ2n) is 8.10. The van der Waals surface area contributed by atoms with Crippen LogP contribution in [0.2, 0.25) is 0 Å². The van der Waals surface area contributed by atoms with Gasteiger partial charge in [-0.3, -0.25) is 19.7 Å². The first-order valence-corrected chi connectivity index (χ1v) is 12.9. The van der Waals surface area contributed by atoms with E-state index in [-0.39, 0.29) is 16.6 Å². The second-order valence-corrected chi connectivity index (χ2v) is 9.33. The Hall–Kier alpha value is -4.47. The average molecular weight is 545 g/mol. The molecule has 8 nitrogen and oxygen atoms in total. The van der Waals surface area contributed by atoms with E-state index in [2.05, 4.69) is 15.6 Å². The summed E-state index contributed by atoms with van der Waals surface area (Å²) >= 11 is 7.60. The molecule has 1 aliphatic rings. The van der Waals surface area contributed by atoms with Gasteiger partial charge < -0.3 is 10.1 Å². The van der Waals surface area contributed by atoms with Crippen LogP contribution in [-0.2, 0) is 9.59 Å². The van der Waals surface area contributed by atoms with Gasteiger partial charge in [-0.15, -0.1) is 11.3 Å². The van der Waals surface area contributed by atoms with Crippen LogP contribution in [-0.4, -0.2) is 29.3 Å². The number of carbonyl (C=O) groups is 3.